The van der Waals surface area contributed by atoms with E-state index in [1.165, 1.54) is 6.42 Å². The quantitative estimate of drug-likeness (QED) is 0.558. The number of nitrogens with one attached hydrogen (secondary N) is 2. The van der Waals surface area contributed by atoms with Gasteiger partial charge in [-0.05, 0) is 12.8 Å². The van der Waals surface area contributed by atoms with Crippen LogP contribution in [0.5, 0.6) is 0 Å². The molecule has 3 rings (SSSR count). The van der Waals surface area contributed by atoms with Crippen molar-refractivity contribution in [1.82, 2.24) is 15.5 Å². The minimum absolute atomic E-state index is 0.00431. The SMILES string of the molecule is O=C1NCC2CCCN2C2=C1C=NCN2. The Morgan fingerprint density at radius 2 is 2.40 bits per heavy atom. The normalized spacial score (nSPS) is 29.2. The molecule has 1 atom stereocenters. The zero-order valence-corrected chi connectivity index (χ0v) is 8.49. The Balaban J connectivity index is 2.03. The molecule has 0 bridgehead atoms. The van der Waals surface area contributed by atoms with E-state index in [0.717, 1.165) is 25.3 Å². The molecule has 3 aliphatic heterocycles. The van der Waals surface area contributed by atoms with Crippen LogP contribution in [0.25, 0.3) is 0 Å². The number of hydrogen-bond donors (Lipinski definition) is 2. The van der Waals surface area contributed by atoms with Gasteiger partial charge in [0.15, 0.2) is 0 Å². The summed E-state index contributed by atoms with van der Waals surface area (Å²) >= 11 is 0. The van der Waals surface area contributed by atoms with Crippen molar-refractivity contribution in [3.05, 3.63) is 11.4 Å². The van der Waals surface area contributed by atoms with Crippen molar-refractivity contribution in [1.29, 1.82) is 0 Å². The van der Waals surface area contributed by atoms with E-state index in [2.05, 4.69) is 20.5 Å². The molecule has 0 aromatic carbocycles. The third-order valence-corrected chi connectivity index (χ3v) is 3.22. The highest BCUT2D eigenvalue weighted by Crippen LogP contribution is 2.24. The number of carbonyl (C=O) groups is 1. The first-order valence-corrected chi connectivity index (χ1v) is 5.39. The molecule has 80 valence electrons. The van der Waals surface area contributed by atoms with E-state index in [0.29, 0.717) is 18.3 Å². The average Bonchev–Trinajstić information content (AvgIpc) is 2.69. The van der Waals surface area contributed by atoms with Gasteiger partial charge in [-0.15, -0.1) is 0 Å². The second-order valence-electron chi connectivity index (χ2n) is 4.11. The van der Waals surface area contributed by atoms with Crippen LogP contribution < -0.4 is 10.6 Å². The molecule has 1 amide bonds. The van der Waals surface area contributed by atoms with E-state index >= 15 is 0 Å². The van der Waals surface area contributed by atoms with Gasteiger partial charge in [-0.2, -0.15) is 0 Å². The molecular weight excluding hydrogens is 192 g/mol. The van der Waals surface area contributed by atoms with E-state index in [1.54, 1.807) is 6.21 Å². The zero-order chi connectivity index (χ0) is 10.3. The third-order valence-electron chi connectivity index (χ3n) is 3.22. The molecule has 2 N–H and O–H groups in total. The van der Waals surface area contributed by atoms with Crippen LogP contribution in [0.3, 0.4) is 0 Å². The summed E-state index contributed by atoms with van der Waals surface area (Å²) < 4.78 is 0. The predicted octanol–water partition coefficient (Wildman–Crippen LogP) is -0.576. The van der Waals surface area contributed by atoms with Crippen molar-refractivity contribution >= 4 is 12.1 Å². The Bertz CT molecular complexity index is 360. The summed E-state index contributed by atoms with van der Waals surface area (Å²) in [5.41, 5.74) is 0.686. The molecule has 0 aromatic heterocycles. The number of carbonyl (C=O) groups excluding carboxylic acids is 1. The summed E-state index contributed by atoms with van der Waals surface area (Å²) in [4.78, 5) is 18.1. The molecule has 0 radical (unpaired) electrons. The van der Waals surface area contributed by atoms with Crippen molar-refractivity contribution in [2.24, 2.45) is 4.99 Å². The van der Waals surface area contributed by atoms with Crippen molar-refractivity contribution < 1.29 is 4.79 Å². The first-order chi connectivity index (χ1) is 7.36. The van der Waals surface area contributed by atoms with Gasteiger partial charge in [0.1, 0.15) is 12.5 Å². The topological polar surface area (TPSA) is 56.7 Å². The van der Waals surface area contributed by atoms with Crippen LogP contribution >= 0.6 is 0 Å². The standard InChI is InChI=1S/C10H14N4O/c15-10-8-5-11-6-13-9(8)14-3-1-2-7(14)4-12-10/h5,7,13H,1-4,6H2,(H,12,15). The van der Waals surface area contributed by atoms with E-state index in [1.807, 2.05) is 0 Å². The monoisotopic (exact) mass is 206 g/mol. The Kier molecular flexibility index (Phi) is 1.90. The van der Waals surface area contributed by atoms with Crippen LogP contribution in [0.1, 0.15) is 12.8 Å². The largest absolute Gasteiger partial charge is 0.353 e. The Hall–Kier alpha value is -1.52. The van der Waals surface area contributed by atoms with Gasteiger partial charge in [-0.1, -0.05) is 0 Å². The van der Waals surface area contributed by atoms with Crippen LogP contribution in [-0.2, 0) is 4.79 Å². The second-order valence-corrected chi connectivity index (χ2v) is 4.11. The number of fused-ring (bicyclic) bond motifs is 2. The van der Waals surface area contributed by atoms with E-state index in [9.17, 15) is 4.79 Å². The summed E-state index contributed by atoms with van der Waals surface area (Å²) in [6, 6.07) is 0.459. The molecule has 3 heterocycles. The maximum absolute atomic E-state index is 11.8. The number of amides is 1. The lowest BCUT2D eigenvalue weighted by Gasteiger charge is -2.28. The summed E-state index contributed by atoms with van der Waals surface area (Å²) in [6.07, 6.45) is 4.05. The second kappa shape index (κ2) is 3.25. The molecular formula is C10H14N4O. The highest BCUT2D eigenvalue weighted by molar-refractivity contribution is 6.13. The van der Waals surface area contributed by atoms with Crippen LogP contribution in [-0.4, -0.2) is 42.8 Å². The minimum Gasteiger partial charge on any atom is -0.353 e. The van der Waals surface area contributed by atoms with Gasteiger partial charge < -0.3 is 15.5 Å². The highest BCUT2D eigenvalue weighted by atomic mass is 16.1. The Morgan fingerprint density at radius 1 is 1.47 bits per heavy atom. The summed E-state index contributed by atoms with van der Waals surface area (Å²) in [6.45, 7) is 2.37. The minimum atomic E-state index is -0.00431. The molecule has 0 aromatic rings. The lowest BCUT2D eigenvalue weighted by atomic mass is 10.2. The molecule has 1 unspecified atom stereocenters. The van der Waals surface area contributed by atoms with Gasteiger partial charge in [0.25, 0.3) is 5.91 Å². The highest BCUT2D eigenvalue weighted by Gasteiger charge is 2.33. The Labute approximate surface area is 88.2 Å². The first kappa shape index (κ1) is 8.76. The van der Waals surface area contributed by atoms with Gasteiger partial charge in [0.2, 0.25) is 0 Å². The van der Waals surface area contributed by atoms with Gasteiger partial charge in [-0.25, -0.2) is 0 Å². The van der Waals surface area contributed by atoms with Crippen molar-refractivity contribution in [2.75, 3.05) is 19.8 Å². The fraction of sp³-hybridized carbons (Fsp3) is 0.600. The average molecular weight is 206 g/mol. The van der Waals surface area contributed by atoms with Gasteiger partial charge in [0, 0.05) is 25.3 Å². The van der Waals surface area contributed by atoms with Crippen LogP contribution in [0, 0.1) is 0 Å². The van der Waals surface area contributed by atoms with Gasteiger partial charge in [0.05, 0.1) is 5.57 Å². The fourth-order valence-corrected chi connectivity index (χ4v) is 2.48. The lowest BCUT2D eigenvalue weighted by molar-refractivity contribution is -0.116. The zero-order valence-electron chi connectivity index (χ0n) is 8.49. The van der Waals surface area contributed by atoms with E-state index in [-0.39, 0.29) is 5.91 Å². The molecule has 0 spiro atoms. The molecule has 0 saturated carbocycles. The van der Waals surface area contributed by atoms with Gasteiger partial charge in [-0.3, -0.25) is 9.79 Å². The molecule has 5 nitrogen and oxygen atoms in total. The Morgan fingerprint density at radius 3 is 3.33 bits per heavy atom. The van der Waals surface area contributed by atoms with Crippen molar-refractivity contribution in [2.45, 2.75) is 18.9 Å². The molecule has 5 heteroatoms. The summed E-state index contributed by atoms with van der Waals surface area (Å²) in [5.74, 6) is 0.970. The van der Waals surface area contributed by atoms with Crippen molar-refractivity contribution in [3.63, 3.8) is 0 Å². The van der Waals surface area contributed by atoms with E-state index in [4.69, 9.17) is 0 Å². The van der Waals surface area contributed by atoms with Crippen molar-refractivity contribution in [3.8, 4) is 0 Å². The molecule has 1 fully saturated rings. The summed E-state index contributed by atoms with van der Waals surface area (Å²) in [5, 5.41) is 6.16. The van der Waals surface area contributed by atoms with E-state index < -0.39 is 0 Å². The third kappa shape index (κ3) is 1.30. The van der Waals surface area contributed by atoms with Crippen LogP contribution in [0.2, 0.25) is 0 Å². The van der Waals surface area contributed by atoms with Crippen LogP contribution in [0.15, 0.2) is 16.4 Å². The fourth-order valence-electron chi connectivity index (χ4n) is 2.48. The van der Waals surface area contributed by atoms with Gasteiger partial charge >= 0.3 is 0 Å². The van der Waals surface area contributed by atoms with Crippen LogP contribution in [0.4, 0.5) is 0 Å². The maximum Gasteiger partial charge on any atom is 0.256 e. The number of nitrogens with zero attached hydrogens (tertiary/aromatic N) is 2. The number of rotatable bonds is 0. The maximum atomic E-state index is 11.8. The molecule has 0 aliphatic carbocycles. The number of aliphatic imine (C=N–C) groups is 1. The smallest absolute Gasteiger partial charge is 0.256 e. The molecule has 3 aliphatic rings. The first-order valence-electron chi connectivity index (χ1n) is 5.39. The molecule has 1 saturated heterocycles. The lowest BCUT2D eigenvalue weighted by Crippen LogP contribution is -2.39. The summed E-state index contributed by atoms with van der Waals surface area (Å²) in [7, 11) is 0. The predicted molar refractivity (Wildman–Crippen MR) is 56.3 cm³/mol. The number of hydrogen-bond acceptors (Lipinski definition) is 4. The molecule has 15 heavy (non-hydrogen) atoms.